The molecule has 3 atom stereocenters. The Morgan fingerprint density at radius 1 is 1.27 bits per heavy atom. The maximum Gasteiger partial charge on any atom is 0.389 e. The molecular weight excluding hydrogens is 535 g/mol. The van der Waals surface area contributed by atoms with Crippen molar-refractivity contribution in [3.05, 3.63) is 35.2 Å². The van der Waals surface area contributed by atoms with Gasteiger partial charge in [-0.25, -0.2) is 4.79 Å². The molecule has 3 rings (SSSR count). The third-order valence-corrected chi connectivity index (χ3v) is 6.65. The van der Waals surface area contributed by atoms with Crippen LogP contribution in [-0.4, -0.2) is 83.0 Å². The van der Waals surface area contributed by atoms with Gasteiger partial charge in [0.05, 0.1) is 31.2 Å². The number of fused-ring (bicyclic) bond motifs is 1. The van der Waals surface area contributed by atoms with Crippen LogP contribution in [0.2, 0.25) is 0 Å². The minimum absolute atomic E-state index is 0.0636. The molecule has 1 aromatic heterocycles. The molecule has 3 N–H and O–H groups in total. The van der Waals surface area contributed by atoms with E-state index in [0.717, 1.165) is 0 Å². The third kappa shape index (κ3) is 7.64. The second kappa shape index (κ2) is 12.6. The third-order valence-electron chi connectivity index (χ3n) is 6.65. The van der Waals surface area contributed by atoms with E-state index in [0.29, 0.717) is 17.1 Å². The van der Waals surface area contributed by atoms with Gasteiger partial charge in [-0.3, -0.25) is 9.59 Å². The number of benzene rings is 1. The van der Waals surface area contributed by atoms with Crippen LogP contribution in [0.1, 0.15) is 48.5 Å². The van der Waals surface area contributed by atoms with Gasteiger partial charge in [-0.1, -0.05) is 12.1 Å². The molecule has 40 heavy (non-hydrogen) atoms. The zero-order chi connectivity index (χ0) is 29.8. The Hall–Kier alpha value is -3.81. The van der Waals surface area contributed by atoms with Crippen LogP contribution in [0.15, 0.2) is 22.7 Å². The summed E-state index contributed by atoms with van der Waals surface area (Å²) in [5.41, 5.74) is 1.18. The molecule has 4 amide bonds. The predicted octanol–water partition coefficient (Wildman–Crippen LogP) is 3.96. The van der Waals surface area contributed by atoms with E-state index in [-0.39, 0.29) is 42.6 Å². The van der Waals surface area contributed by atoms with E-state index in [9.17, 15) is 32.7 Å². The molecule has 0 spiro atoms. The number of urea groups is 1. The minimum Gasteiger partial charge on any atom is -0.487 e. The Bertz CT molecular complexity index is 1210. The molecule has 0 fully saturated rings. The molecule has 0 radical (unpaired) electrons. The number of hydrogen-bond acceptors (Lipinski definition) is 7. The first kappa shape index (κ1) is 30.7. The largest absolute Gasteiger partial charge is 0.487 e. The normalized spacial score (nSPS) is 18.2. The first-order valence-electron chi connectivity index (χ1n) is 12.7. The van der Waals surface area contributed by atoms with Gasteiger partial charge < -0.3 is 34.8 Å². The van der Waals surface area contributed by atoms with Gasteiger partial charge in [0.25, 0.3) is 5.91 Å². The van der Waals surface area contributed by atoms with Crippen molar-refractivity contribution in [3.63, 3.8) is 0 Å². The SMILES string of the molecule is Cc1noc(C)c1NC(=O)N(C)C[C@H]1Oc2ccc(NC(=O)CCC(F)(F)F)cc2C(=O)N([C@@H](C)CO)C[C@H]1C. The van der Waals surface area contributed by atoms with Gasteiger partial charge in [0.15, 0.2) is 5.76 Å². The molecule has 2 aromatic rings. The summed E-state index contributed by atoms with van der Waals surface area (Å²) in [6.07, 6.45) is -7.10. The lowest BCUT2D eigenvalue weighted by Gasteiger charge is -2.38. The number of halogens is 3. The van der Waals surface area contributed by atoms with Gasteiger partial charge in [0, 0.05) is 31.6 Å². The van der Waals surface area contributed by atoms with Crippen molar-refractivity contribution in [2.24, 2.45) is 5.92 Å². The second-order valence-electron chi connectivity index (χ2n) is 10.0. The number of aliphatic hydroxyl groups is 1. The summed E-state index contributed by atoms with van der Waals surface area (Å²) in [7, 11) is 1.59. The highest BCUT2D eigenvalue weighted by Gasteiger charge is 2.34. The molecule has 1 aliphatic rings. The van der Waals surface area contributed by atoms with Crippen molar-refractivity contribution < 1.29 is 41.9 Å². The second-order valence-corrected chi connectivity index (χ2v) is 10.0. The summed E-state index contributed by atoms with van der Waals surface area (Å²) in [5, 5.41) is 18.8. The van der Waals surface area contributed by atoms with Crippen LogP contribution >= 0.6 is 0 Å². The van der Waals surface area contributed by atoms with Gasteiger partial charge in [-0.05, 0) is 39.0 Å². The standard InChI is InChI=1S/C26H34F3N5O6/c1-14-11-34(15(2)13-35)24(37)19-10-18(30-22(36)8-9-26(27,28)29)6-7-20(19)39-21(14)12-33(5)25(38)31-23-16(3)32-40-17(23)4/h6-7,10,14-15,21,35H,8-9,11-13H2,1-5H3,(H,30,36)(H,31,38)/t14-,15+,21-/m1/s1. The molecule has 1 aromatic carbocycles. The Labute approximate surface area is 229 Å². The number of alkyl halides is 3. The van der Waals surface area contributed by atoms with Gasteiger partial charge >= 0.3 is 12.2 Å². The lowest BCUT2D eigenvalue weighted by atomic mass is 9.99. The van der Waals surface area contributed by atoms with Crippen LogP contribution in [0.5, 0.6) is 5.75 Å². The van der Waals surface area contributed by atoms with E-state index >= 15 is 0 Å². The number of carbonyl (C=O) groups is 3. The molecular formula is C26H34F3N5O6. The van der Waals surface area contributed by atoms with E-state index in [2.05, 4.69) is 15.8 Å². The topological polar surface area (TPSA) is 137 Å². The number of anilines is 2. The molecule has 0 aliphatic carbocycles. The fourth-order valence-corrected chi connectivity index (χ4v) is 4.21. The average Bonchev–Trinajstić information content (AvgIpc) is 3.20. The van der Waals surface area contributed by atoms with Crippen LogP contribution in [0.3, 0.4) is 0 Å². The molecule has 1 aliphatic heterocycles. The Kier molecular flexibility index (Phi) is 9.66. The first-order valence-corrected chi connectivity index (χ1v) is 12.7. The summed E-state index contributed by atoms with van der Waals surface area (Å²) < 4.78 is 48.8. The molecule has 0 saturated heterocycles. The molecule has 0 bridgehead atoms. The van der Waals surface area contributed by atoms with Crippen LogP contribution < -0.4 is 15.4 Å². The van der Waals surface area contributed by atoms with Crippen molar-refractivity contribution in [2.75, 3.05) is 37.4 Å². The van der Waals surface area contributed by atoms with Gasteiger partial charge in [-0.2, -0.15) is 13.2 Å². The van der Waals surface area contributed by atoms with Gasteiger partial charge in [0.1, 0.15) is 23.2 Å². The number of likely N-dealkylation sites (N-methyl/N-ethyl adjacent to an activating group) is 1. The highest BCUT2D eigenvalue weighted by Crippen LogP contribution is 2.31. The molecule has 11 nitrogen and oxygen atoms in total. The molecule has 0 unspecified atom stereocenters. The van der Waals surface area contributed by atoms with E-state index < -0.39 is 49.0 Å². The molecule has 14 heteroatoms. The monoisotopic (exact) mass is 569 g/mol. The zero-order valence-corrected chi connectivity index (χ0v) is 23.0. The number of amides is 4. The zero-order valence-electron chi connectivity index (χ0n) is 23.0. The van der Waals surface area contributed by atoms with E-state index in [1.807, 2.05) is 6.92 Å². The number of rotatable bonds is 8. The van der Waals surface area contributed by atoms with Gasteiger partial charge in [-0.15, -0.1) is 0 Å². The Morgan fingerprint density at radius 3 is 2.58 bits per heavy atom. The predicted molar refractivity (Wildman–Crippen MR) is 139 cm³/mol. The summed E-state index contributed by atoms with van der Waals surface area (Å²) in [5.74, 6) is -0.976. The summed E-state index contributed by atoms with van der Waals surface area (Å²) in [6, 6.07) is 3.22. The number of aromatic nitrogens is 1. The van der Waals surface area contributed by atoms with E-state index in [1.54, 1.807) is 27.8 Å². The molecule has 2 heterocycles. The van der Waals surface area contributed by atoms with Crippen molar-refractivity contribution in [2.45, 2.75) is 58.9 Å². The Balaban J connectivity index is 1.85. The maximum atomic E-state index is 13.5. The molecule has 220 valence electrons. The average molecular weight is 570 g/mol. The van der Waals surface area contributed by atoms with Crippen molar-refractivity contribution in [1.82, 2.24) is 15.0 Å². The fourth-order valence-electron chi connectivity index (χ4n) is 4.21. The van der Waals surface area contributed by atoms with E-state index in [4.69, 9.17) is 9.26 Å². The van der Waals surface area contributed by atoms with Crippen molar-refractivity contribution in [1.29, 1.82) is 0 Å². The number of aliphatic hydroxyl groups excluding tert-OH is 1. The summed E-state index contributed by atoms with van der Waals surface area (Å²) in [6.45, 7) is 6.90. The number of ether oxygens (including phenoxy) is 1. The van der Waals surface area contributed by atoms with Crippen LogP contribution in [0, 0.1) is 19.8 Å². The van der Waals surface area contributed by atoms with Crippen molar-refractivity contribution in [3.8, 4) is 5.75 Å². The summed E-state index contributed by atoms with van der Waals surface area (Å²) >= 11 is 0. The fraction of sp³-hybridized carbons (Fsp3) is 0.538. The highest BCUT2D eigenvalue weighted by atomic mass is 19.4. The number of nitrogens with zero attached hydrogens (tertiary/aromatic N) is 3. The number of aryl methyl sites for hydroxylation is 2. The minimum atomic E-state index is -4.48. The summed E-state index contributed by atoms with van der Waals surface area (Å²) in [4.78, 5) is 41.4. The first-order chi connectivity index (χ1) is 18.7. The maximum absolute atomic E-state index is 13.5. The number of hydrogen-bond donors (Lipinski definition) is 3. The quantitative estimate of drug-likeness (QED) is 0.438. The number of carbonyl (C=O) groups excluding carboxylic acids is 3. The van der Waals surface area contributed by atoms with Crippen molar-refractivity contribution >= 4 is 29.2 Å². The van der Waals surface area contributed by atoms with Gasteiger partial charge in [0.2, 0.25) is 5.91 Å². The lowest BCUT2D eigenvalue weighted by molar-refractivity contribution is -0.142. The molecule has 0 saturated carbocycles. The number of nitrogens with one attached hydrogen (secondary N) is 2. The van der Waals surface area contributed by atoms with E-state index in [1.165, 1.54) is 28.0 Å². The lowest BCUT2D eigenvalue weighted by Crippen LogP contribution is -2.50. The Morgan fingerprint density at radius 2 is 1.98 bits per heavy atom. The van der Waals surface area contributed by atoms with Crippen LogP contribution in [-0.2, 0) is 4.79 Å². The van der Waals surface area contributed by atoms with Crippen LogP contribution in [0.4, 0.5) is 29.3 Å². The highest BCUT2D eigenvalue weighted by molar-refractivity contribution is 6.00. The van der Waals surface area contributed by atoms with Crippen LogP contribution in [0.25, 0.3) is 0 Å². The smallest absolute Gasteiger partial charge is 0.389 e.